The molecule has 1 N–H and O–H groups in total. The Kier molecular flexibility index (Phi) is 3.78. The molecule has 3 rings (SSSR count). The van der Waals surface area contributed by atoms with Gasteiger partial charge in [0.1, 0.15) is 0 Å². The van der Waals surface area contributed by atoms with Crippen molar-refractivity contribution in [2.45, 2.75) is 38.0 Å². The maximum Gasteiger partial charge on any atom is 0.308 e. The largest absolute Gasteiger partial charge is 0.481 e. The topological polar surface area (TPSA) is 57.6 Å². The first-order chi connectivity index (χ1) is 9.66. The van der Waals surface area contributed by atoms with Crippen LogP contribution in [0.15, 0.2) is 11.4 Å². The number of rotatable bonds is 2. The molecule has 1 amide bonds. The van der Waals surface area contributed by atoms with E-state index in [4.69, 9.17) is 5.11 Å². The normalized spacial score (nSPS) is 26.1. The van der Waals surface area contributed by atoms with Gasteiger partial charge < -0.3 is 10.0 Å². The van der Waals surface area contributed by atoms with Gasteiger partial charge in [0.15, 0.2) is 0 Å². The van der Waals surface area contributed by atoms with Crippen LogP contribution in [0.2, 0.25) is 0 Å². The highest BCUT2D eigenvalue weighted by Gasteiger charge is 2.34. The van der Waals surface area contributed by atoms with Crippen LogP contribution in [0.5, 0.6) is 0 Å². The first-order valence-electron chi connectivity index (χ1n) is 7.24. The highest BCUT2D eigenvalue weighted by molar-refractivity contribution is 7.10. The van der Waals surface area contributed by atoms with E-state index in [1.54, 1.807) is 16.2 Å². The van der Waals surface area contributed by atoms with Crippen molar-refractivity contribution in [1.29, 1.82) is 0 Å². The summed E-state index contributed by atoms with van der Waals surface area (Å²) in [4.78, 5) is 27.0. The maximum absolute atomic E-state index is 12.7. The molecule has 1 aliphatic heterocycles. The fourth-order valence-electron chi connectivity index (χ4n) is 3.34. The first kappa shape index (κ1) is 13.6. The summed E-state index contributed by atoms with van der Waals surface area (Å²) < 4.78 is 0. The third kappa shape index (κ3) is 2.46. The summed E-state index contributed by atoms with van der Waals surface area (Å²) in [6, 6.07) is 2.07. The quantitative estimate of drug-likeness (QED) is 0.911. The summed E-state index contributed by atoms with van der Waals surface area (Å²) in [5.74, 6) is -1.08. The highest BCUT2D eigenvalue weighted by atomic mass is 32.1. The van der Waals surface area contributed by atoms with Crippen molar-refractivity contribution in [2.75, 3.05) is 13.1 Å². The molecule has 1 aromatic heterocycles. The Morgan fingerprint density at radius 2 is 2.15 bits per heavy atom. The van der Waals surface area contributed by atoms with Crippen LogP contribution in [-0.2, 0) is 16.0 Å². The third-order valence-electron chi connectivity index (χ3n) is 4.43. The number of aryl methyl sites for hydroxylation is 1. The number of likely N-dealkylation sites (tertiary alicyclic amines) is 1. The number of fused-ring (bicyclic) bond motifs is 1. The summed E-state index contributed by atoms with van der Waals surface area (Å²) in [7, 11) is 0. The monoisotopic (exact) mass is 293 g/mol. The molecule has 1 aromatic rings. The highest BCUT2D eigenvalue weighted by Crippen LogP contribution is 2.36. The van der Waals surface area contributed by atoms with Crippen molar-refractivity contribution in [1.82, 2.24) is 4.90 Å². The predicted molar refractivity (Wildman–Crippen MR) is 76.9 cm³/mol. The lowest BCUT2D eigenvalue weighted by molar-refractivity contribution is -0.146. The number of carboxylic acids is 1. The lowest BCUT2D eigenvalue weighted by atomic mass is 9.86. The molecular formula is C15H19NO3S. The number of hydrogen-bond donors (Lipinski definition) is 1. The van der Waals surface area contributed by atoms with Crippen LogP contribution < -0.4 is 0 Å². The molecule has 20 heavy (non-hydrogen) atoms. The molecule has 1 saturated heterocycles. The number of aliphatic carboxylic acids is 1. The number of piperidine rings is 1. The Balaban J connectivity index is 1.75. The molecule has 2 aliphatic rings. The van der Waals surface area contributed by atoms with Gasteiger partial charge in [-0.2, -0.15) is 0 Å². The second-order valence-electron chi connectivity index (χ2n) is 5.71. The summed E-state index contributed by atoms with van der Waals surface area (Å²) in [5.41, 5.74) is 1.18. The standard InChI is InChI=1S/C15H19NO3S/c17-14(16-7-2-3-10(9-16)15(18)19)12-4-1-5-13-11(12)6-8-20-13/h6,8,10,12H,1-5,7,9H2,(H,18,19)/t10-,12+/m0/s1. The molecule has 1 aliphatic carbocycles. The zero-order chi connectivity index (χ0) is 14.1. The van der Waals surface area contributed by atoms with E-state index < -0.39 is 11.9 Å². The minimum Gasteiger partial charge on any atom is -0.481 e. The van der Waals surface area contributed by atoms with E-state index in [9.17, 15) is 9.59 Å². The summed E-state index contributed by atoms with van der Waals surface area (Å²) >= 11 is 1.73. The van der Waals surface area contributed by atoms with Crippen molar-refractivity contribution >= 4 is 23.2 Å². The minimum absolute atomic E-state index is 0.0439. The molecule has 0 radical (unpaired) electrons. The average molecular weight is 293 g/mol. The lowest BCUT2D eigenvalue weighted by Crippen LogP contribution is -2.44. The van der Waals surface area contributed by atoms with Gasteiger partial charge in [-0.25, -0.2) is 0 Å². The number of carbonyl (C=O) groups is 2. The van der Waals surface area contributed by atoms with E-state index in [0.717, 1.165) is 25.7 Å². The van der Waals surface area contributed by atoms with E-state index >= 15 is 0 Å². The Morgan fingerprint density at radius 3 is 2.95 bits per heavy atom. The Bertz CT molecular complexity index is 525. The summed E-state index contributed by atoms with van der Waals surface area (Å²) in [6.45, 7) is 1.09. The molecule has 2 atom stereocenters. The van der Waals surface area contributed by atoms with Crippen LogP contribution in [0.25, 0.3) is 0 Å². The molecule has 0 aromatic carbocycles. The maximum atomic E-state index is 12.7. The molecule has 4 nitrogen and oxygen atoms in total. The second kappa shape index (κ2) is 5.56. The van der Waals surface area contributed by atoms with Crippen molar-refractivity contribution in [3.63, 3.8) is 0 Å². The van der Waals surface area contributed by atoms with Gasteiger partial charge in [0.25, 0.3) is 0 Å². The van der Waals surface area contributed by atoms with E-state index in [2.05, 4.69) is 11.4 Å². The van der Waals surface area contributed by atoms with Crippen LogP contribution in [-0.4, -0.2) is 35.0 Å². The van der Waals surface area contributed by atoms with Crippen molar-refractivity contribution in [2.24, 2.45) is 5.92 Å². The summed E-state index contributed by atoms with van der Waals surface area (Å²) in [6.07, 6.45) is 4.52. The van der Waals surface area contributed by atoms with Gasteiger partial charge >= 0.3 is 5.97 Å². The lowest BCUT2D eigenvalue weighted by Gasteiger charge is -2.34. The first-order valence-corrected chi connectivity index (χ1v) is 8.12. The Morgan fingerprint density at radius 1 is 1.30 bits per heavy atom. The SMILES string of the molecule is O=C(O)[C@H]1CCCN(C(=O)[C@@H]2CCCc3sccc32)C1. The molecule has 2 heterocycles. The summed E-state index contributed by atoms with van der Waals surface area (Å²) in [5, 5.41) is 11.2. The third-order valence-corrected chi connectivity index (χ3v) is 5.43. The fraction of sp³-hybridized carbons (Fsp3) is 0.600. The van der Waals surface area contributed by atoms with Crippen LogP contribution in [0.1, 0.15) is 42.0 Å². The molecule has 108 valence electrons. The van der Waals surface area contributed by atoms with Gasteiger partial charge in [-0.3, -0.25) is 9.59 Å². The van der Waals surface area contributed by atoms with Crippen LogP contribution >= 0.6 is 11.3 Å². The van der Waals surface area contributed by atoms with Gasteiger partial charge in [-0.05, 0) is 49.1 Å². The number of carboxylic acid groups (broad SMARTS) is 1. The molecular weight excluding hydrogens is 274 g/mol. The van der Waals surface area contributed by atoms with Gasteiger partial charge in [0, 0.05) is 18.0 Å². The van der Waals surface area contributed by atoms with Crippen LogP contribution in [0.3, 0.4) is 0 Å². The number of thiophene rings is 1. The Labute approximate surface area is 122 Å². The predicted octanol–water partition coefficient (Wildman–Crippen LogP) is 2.49. The van der Waals surface area contributed by atoms with E-state index in [-0.39, 0.29) is 11.8 Å². The molecule has 0 bridgehead atoms. The number of nitrogens with zero attached hydrogens (tertiary/aromatic N) is 1. The number of amides is 1. The number of hydrogen-bond acceptors (Lipinski definition) is 3. The minimum atomic E-state index is -0.776. The smallest absolute Gasteiger partial charge is 0.308 e. The molecule has 5 heteroatoms. The van der Waals surface area contributed by atoms with E-state index in [1.807, 2.05) is 0 Å². The van der Waals surface area contributed by atoms with E-state index in [1.165, 1.54) is 10.4 Å². The van der Waals surface area contributed by atoms with Crippen molar-refractivity contribution in [3.05, 3.63) is 21.9 Å². The zero-order valence-corrected chi connectivity index (χ0v) is 12.2. The van der Waals surface area contributed by atoms with Gasteiger partial charge in [0.05, 0.1) is 11.8 Å². The fourth-order valence-corrected chi connectivity index (χ4v) is 4.33. The molecule has 0 spiro atoms. The molecule has 0 unspecified atom stereocenters. The van der Waals surface area contributed by atoms with Crippen LogP contribution in [0.4, 0.5) is 0 Å². The second-order valence-corrected chi connectivity index (χ2v) is 6.71. The van der Waals surface area contributed by atoms with Crippen LogP contribution in [0, 0.1) is 5.92 Å². The van der Waals surface area contributed by atoms with Crippen molar-refractivity contribution < 1.29 is 14.7 Å². The average Bonchev–Trinajstić information content (AvgIpc) is 2.95. The molecule has 1 fully saturated rings. The zero-order valence-electron chi connectivity index (χ0n) is 11.4. The van der Waals surface area contributed by atoms with E-state index in [0.29, 0.717) is 19.5 Å². The van der Waals surface area contributed by atoms with Crippen molar-refractivity contribution in [3.8, 4) is 0 Å². The van der Waals surface area contributed by atoms with Gasteiger partial charge in [-0.15, -0.1) is 11.3 Å². The van der Waals surface area contributed by atoms with Gasteiger partial charge in [0.2, 0.25) is 5.91 Å². The number of carbonyl (C=O) groups excluding carboxylic acids is 1. The van der Waals surface area contributed by atoms with Gasteiger partial charge in [-0.1, -0.05) is 0 Å². The molecule has 0 saturated carbocycles. The Hall–Kier alpha value is -1.36.